The van der Waals surface area contributed by atoms with Crippen LogP contribution in [-0.2, 0) is 0 Å². The van der Waals surface area contributed by atoms with E-state index in [2.05, 4.69) is 24.6 Å². The highest BCUT2D eigenvalue weighted by Gasteiger charge is 2.24. The van der Waals surface area contributed by atoms with Crippen LogP contribution >= 0.6 is 12.4 Å². The molecule has 4 rings (SSSR count). The highest BCUT2D eigenvalue weighted by Crippen LogP contribution is 2.32. The van der Waals surface area contributed by atoms with Crippen molar-refractivity contribution in [3.8, 4) is 0 Å². The number of nitrogens with one attached hydrogen (secondary N) is 1. The number of fused-ring (bicyclic) bond motifs is 3. The number of hydrogen-bond donors (Lipinski definition) is 2. The van der Waals surface area contributed by atoms with Gasteiger partial charge in [-0.3, -0.25) is 4.40 Å². The van der Waals surface area contributed by atoms with Crippen LogP contribution in [0.3, 0.4) is 0 Å². The third-order valence-corrected chi connectivity index (χ3v) is 4.10. The van der Waals surface area contributed by atoms with E-state index in [1.807, 2.05) is 12.3 Å². The van der Waals surface area contributed by atoms with Crippen LogP contribution in [0.25, 0.3) is 16.8 Å². The Morgan fingerprint density at radius 3 is 2.80 bits per heavy atom. The molecule has 3 aromatic heterocycles. The Balaban J connectivity index is 0.00000121. The number of rotatable bonds is 1. The Kier molecular flexibility index (Phi) is 3.35. The topological polar surface area (TPSA) is 84.9 Å². The van der Waals surface area contributed by atoms with Gasteiger partial charge >= 0.3 is 0 Å². The summed E-state index contributed by atoms with van der Waals surface area (Å²) in [6, 6.07) is 2.38. The lowest BCUT2D eigenvalue weighted by atomic mass is 9.86. The minimum atomic E-state index is 0. The standard InChI is InChI=1S/C13H16N6.ClH/c14-9-3-1-8(2-4-9)13-18-17-11-7-16-12-10(19(11)13)5-6-15-12;/h5-9,15H,1-4,14H2;1H. The van der Waals surface area contributed by atoms with Crippen molar-refractivity contribution in [2.45, 2.75) is 37.6 Å². The minimum absolute atomic E-state index is 0. The van der Waals surface area contributed by atoms with Gasteiger partial charge in [-0.15, -0.1) is 22.6 Å². The zero-order chi connectivity index (χ0) is 12.8. The number of nitrogens with zero attached hydrogens (tertiary/aromatic N) is 4. The van der Waals surface area contributed by atoms with Gasteiger partial charge in [0.1, 0.15) is 5.82 Å². The monoisotopic (exact) mass is 292 g/mol. The van der Waals surface area contributed by atoms with Gasteiger partial charge in [0.15, 0.2) is 11.3 Å². The summed E-state index contributed by atoms with van der Waals surface area (Å²) in [5.41, 5.74) is 8.72. The zero-order valence-corrected chi connectivity index (χ0v) is 11.8. The van der Waals surface area contributed by atoms with Gasteiger partial charge in [0.25, 0.3) is 0 Å². The molecular weight excluding hydrogens is 276 g/mol. The minimum Gasteiger partial charge on any atom is -0.345 e. The molecule has 0 aliphatic heterocycles. The molecule has 0 unspecified atom stereocenters. The Hall–Kier alpha value is -1.66. The van der Waals surface area contributed by atoms with E-state index in [1.54, 1.807) is 6.20 Å². The lowest BCUT2D eigenvalue weighted by molar-refractivity contribution is 0.384. The van der Waals surface area contributed by atoms with Crippen molar-refractivity contribution in [2.24, 2.45) is 5.73 Å². The molecule has 0 bridgehead atoms. The van der Waals surface area contributed by atoms with E-state index in [0.717, 1.165) is 48.3 Å². The molecule has 0 radical (unpaired) electrons. The molecule has 20 heavy (non-hydrogen) atoms. The maximum Gasteiger partial charge on any atom is 0.179 e. The van der Waals surface area contributed by atoms with E-state index < -0.39 is 0 Å². The molecular formula is C13H17ClN6. The summed E-state index contributed by atoms with van der Waals surface area (Å²) in [6.45, 7) is 0. The van der Waals surface area contributed by atoms with E-state index in [-0.39, 0.29) is 12.4 Å². The van der Waals surface area contributed by atoms with Crippen LogP contribution in [0.1, 0.15) is 37.4 Å². The van der Waals surface area contributed by atoms with E-state index in [4.69, 9.17) is 5.73 Å². The molecule has 7 heteroatoms. The maximum atomic E-state index is 5.98. The molecule has 0 atom stereocenters. The maximum absolute atomic E-state index is 5.98. The molecule has 1 aliphatic rings. The predicted octanol–water partition coefficient (Wildman–Crippen LogP) is 2.01. The summed E-state index contributed by atoms with van der Waals surface area (Å²) >= 11 is 0. The van der Waals surface area contributed by atoms with Gasteiger partial charge in [0.05, 0.1) is 11.7 Å². The molecule has 3 heterocycles. The summed E-state index contributed by atoms with van der Waals surface area (Å²) in [4.78, 5) is 7.47. The van der Waals surface area contributed by atoms with Crippen LogP contribution in [0, 0.1) is 0 Å². The van der Waals surface area contributed by atoms with Gasteiger partial charge in [0, 0.05) is 18.2 Å². The SMILES string of the molecule is Cl.NC1CCC(c2nnc3cnc4[nH]ccc4n23)CC1. The smallest absolute Gasteiger partial charge is 0.179 e. The average molecular weight is 293 g/mol. The van der Waals surface area contributed by atoms with E-state index >= 15 is 0 Å². The highest BCUT2D eigenvalue weighted by atomic mass is 35.5. The van der Waals surface area contributed by atoms with Crippen molar-refractivity contribution < 1.29 is 0 Å². The number of aromatic amines is 1. The average Bonchev–Trinajstić information content (AvgIpc) is 3.04. The van der Waals surface area contributed by atoms with E-state index in [0.29, 0.717) is 12.0 Å². The number of halogens is 1. The van der Waals surface area contributed by atoms with Crippen LogP contribution in [0.4, 0.5) is 0 Å². The molecule has 1 aliphatic carbocycles. The van der Waals surface area contributed by atoms with Crippen molar-refractivity contribution in [1.82, 2.24) is 24.6 Å². The van der Waals surface area contributed by atoms with Gasteiger partial charge in [-0.2, -0.15) is 0 Å². The van der Waals surface area contributed by atoms with Crippen LogP contribution in [0.15, 0.2) is 18.5 Å². The quantitative estimate of drug-likeness (QED) is 0.718. The van der Waals surface area contributed by atoms with Gasteiger partial charge in [0.2, 0.25) is 0 Å². The van der Waals surface area contributed by atoms with Crippen molar-refractivity contribution in [3.63, 3.8) is 0 Å². The summed E-state index contributed by atoms with van der Waals surface area (Å²) in [7, 11) is 0. The first-order valence-electron chi connectivity index (χ1n) is 6.75. The lowest BCUT2D eigenvalue weighted by Crippen LogP contribution is -2.26. The summed E-state index contributed by atoms with van der Waals surface area (Å²) < 4.78 is 2.13. The first kappa shape index (κ1) is 13.3. The van der Waals surface area contributed by atoms with Crippen molar-refractivity contribution in [2.75, 3.05) is 0 Å². The summed E-state index contributed by atoms with van der Waals surface area (Å²) in [6.07, 6.45) is 8.00. The zero-order valence-electron chi connectivity index (χ0n) is 11.0. The molecule has 6 nitrogen and oxygen atoms in total. The summed E-state index contributed by atoms with van der Waals surface area (Å²) in [5.74, 6) is 1.50. The number of nitrogens with two attached hydrogens (primary N) is 1. The number of H-pyrrole nitrogens is 1. The summed E-state index contributed by atoms with van der Waals surface area (Å²) in [5, 5.41) is 8.64. The fourth-order valence-electron chi connectivity index (χ4n) is 3.04. The third-order valence-electron chi connectivity index (χ3n) is 4.10. The molecule has 3 N–H and O–H groups in total. The second-order valence-electron chi connectivity index (χ2n) is 5.33. The second-order valence-corrected chi connectivity index (χ2v) is 5.33. The molecule has 0 saturated heterocycles. The Labute approximate surface area is 122 Å². The van der Waals surface area contributed by atoms with Gasteiger partial charge in [-0.25, -0.2) is 4.98 Å². The Morgan fingerprint density at radius 2 is 2.00 bits per heavy atom. The predicted molar refractivity (Wildman–Crippen MR) is 79.1 cm³/mol. The molecule has 0 spiro atoms. The molecule has 106 valence electrons. The Bertz CT molecular complexity index is 725. The first-order chi connectivity index (χ1) is 9.33. The first-order valence-corrected chi connectivity index (χ1v) is 6.75. The molecule has 0 amide bonds. The Morgan fingerprint density at radius 1 is 1.20 bits per heavy atom. The van der Waals surface area contributed by atoms with Crippen LogP contribution in [-0.4, -0.2) is 30.6 Å². The largest absolute Gasteiger partial charge is 0.345 e. The van der Waals surface area contributed by atoms with Gasteiger partial charge in [-0.1, -0.05) is 0 Å². The number of hydrogen-bond acceptors (Lipinski definition) is 4. The molecule has 1 fully saturated rings. The van der Waals surface area contributed by atoms with Gasteiger partial charge < -0.3 is 10.7 Å². The van der Waals surface area contributed by atoms with Crippen LogP contribution in [0.2, 0.25) is 0 Å². The van der Waals surface area contributed by atoms with Crippen molar-refractivity contribution >= 4 is 29.2 Å². The fourth-order valence-corrected chi connectivity index (χ4v) is 3.04. The second kappa shape index (κ2) is 5.03. The number of aromatic nitrogens is 5. The van der Waals surface area contributed by atoms with Gasteiger partial charge in [-0.05, 0) is 31.7 Å². The third kappa shape index (κ3) is 1.96. The van der Waals surface area contributed by atoms with Crippen molar-refractivity contribution in [1.29, 1.82) is 0 Å². The fraction of sp³-hybridized carbons (Fsp3) is 0.462. The van der Waals surface area contributed by atoms with Crippen LogP contribution < -0.4 is 5.73 Å². The van der Waals surface area contributed by atoms with Crippen molar-refractivity contribution in [3.05, 3.63) is 24.3 Å². The molecule has 3 aromatic rings. The van der Waals surface area contributed by atoms with Crippen LogP contribution in [0.5, 0.6) is 0 Å². The molecule has 0 aromatic carbocycles. The van der Waals surface area contributed by atoms with E-state index in [1.165, 1.54) is 0 Å². The van der Waals surface area contributed by atoms with E-state index in [9.17, 15) is 0 Å². The normalized spacial score (nSPS) is 23.1. The molecule has 1 saturated carbocycles. The highest BCUT2D eigenvalue weighted by molar-refractivity contribution is 5.85. The lowest BCUT2D eigenvalue weighted by Gasteiger charge is -2.24.